The predicted molar refractivity (Wildman–Crippen MR) is 129 cm³/mol. The van der Waals surface area contributed by atoms with Crippen LogP contribution in [0.25, 0.3) is 0 Å². The average Bonchev–Trinajstić information content (AvgIpc) is 3.27. The average molecular weight is 483 g/mol. The number of amides is 2. The SMILES string of the molecule is Cc1occc1C(=O)N(Cc1ccccc1Cl)C(C(=O)NC1CCCCC1)c1ccc(F)cc1. The highest BCUT2D eigenvalue weighted by molar-refractivity contribution is 6.31. The summed E-state index contributed by atoms with van der Waals surface area (Å²) in [5.41, 5.74) is 1.59. The van der Waals surface area contributed by atoms with Crippen molar-refractivity contribution in [2.45, 2.75) is 57.7 Å². The number of furan rings is 1. The molecule has 34 heavy (non-hydrogen) atoms. The van der Waals surface area contributed by atoms with Gasteiger partial charge in [0, 0.05) is 17.6 Å². The van der Waals surface area contributed by atoms with Crippen LogP contribution in [0.5, 0.6) is 0 Å². The van der Waals surface area contributed by atoms with Crippen LogP contribution in [0.3, 0.4) is 0 Å². The third-order valence-corrected chi connectivity index (χ3v) is 6.71. The summed E-state index contributed by atoms with van der Waals surface area (Å²) in [4.78, 5) is 29.0. The van der Waals surface area contributed by atoms with Crippen molar-refractivity contribution in [3.05, 3.63) is 94.2 Å². The zero-order valence-electron chi connectivity index (χ0n) is 19.1. The second-order valence-corrected chi connectivity index (χ2v) is 9.12. The summed E-state index contributed by atoms with van der Waals surface area (Å²) in [6.45, 7) is 1.80. The lowest BCUT2D eigenvalue weighted by Gasteiger charge is -2.33. The second kappa shape index (κ2) is 10.9. The molecule has 1 fully saturated rings. The smallest absolute Gasteiger partial charge is 0.258 e. The number of benzene rings is 2. The van der Waals surface area contributed by atoms with Gasteiger partial charge in [-0.05, 0) is 55.2 Å². The Morgan fingerprint density at radius 3 is 2.44 bits per heavy atom. The Morgan fingerprint density at radius 1 is 1.09 bits per heavy atom. The summed E-state index contributed by atoms with van der Waals surface area (Å²) in [6, 6.07) is 13.6. The van der Waals surface area contributed by atoms with Crippen LogP contribution in [0.4, 0.5) is 4.39 Å². The molecular formula is C27H28ClFN2O3. The molecule has 2 aromatic carbocycles. The highest BCUT2D eigenvalue weighted by Crippen LogP contribution is 2.30. The molecule has 0 aliphatic heterocycles. The Hall–Kier alpha value is -3.12. The number of hydrogen-bond donors (Lipinski definition) is 1. The molecule has 0 radical (unpaired) electrons. The van der Waals surface area contributed by atoms with Crippen LogP contribution in [0.2, 0.25) is 5.02 Å². The van der Waals surface area contributed by atoms with E-state index < -0.39 is 11.9 Å². The van der Waals surface area contributed by atoms with Gasteiger partial charge in [-0.15, -0.1) is 0 Å². The van der Waals surface area contributed by atoms with Gasteiger partial charge in [-0.3, -0.25) is 9.59 Å². The minimum absolute atomic E-state index is 0.0529. The van der Waals surface area contributed by atoms with Gasteiger partial charge in [-0.2, -0.15) is 0 Å². The van der Waals surface area contributed by atoms with E-state index >= 15 is 0 Å². The van der Waals surface area contributed by atoms with E-state index in [-0.39, 0.29) is 24.4 Å². The number of halogens is 2. The molecule has 1 atom stereocenters. The van der Waals surface area contributed by atoms with Crippen molar-refractivity contribution in [2.24, 2.45) is 0 Å². The van der Waals surface area contributed by atoms with Gasteiger partial charge in [-0.25, -0.2) is 4.39 Å². The molecule has 1 heterocycles. The number of nitrogens with zero attached hydrogens (tertiary/aromatic N) is 1. The first-order valence-corrected chi connectivity index (χ1v) is 12.0. The first-order chi connectivity index (χ1) is 16.4. The molecule has 1 aromatic heterocycles. The van der Waals surface area contributed by atoms with E-state index in [0.29, 0.717) is 27.5 Å². The zero-order valence-corrected chi connectivity index (χ0v) is 19.9. The molecule has 0 bridgehead atoms. The van der Waals surface area contributed by atoms with Gasteiger partial charge in [0.25, 0.3) is 5.91 Å². The molecule has 1 unspecified atom stereocenters. The lowest BCUT2D eigenvalue weighted by Crippen LogP contribution is -2.47. The summed E-state index contributed by atoms with van der Waals surface area (Å²) >= 11 is 6.43. The van der Waals surface area contributed by atoms with E-state index in [1.165, 1.54) is 23.3 Å². The van der Waals surface area contributed by atoms with Crippen LogP contribution in [-0.4, -0.2) is 22.8 Å². The summed E-state index contributed by atoms with van der Waals surface area (Å²) in [6.07, 6.45) is 6.53. The van der Waals surface area contributed by atoms with Gasteiger partial charge in [0.2, 0.25) is 5.91 Å². The zero-order chi connectivity index (χ0) is 24.1. The molecule has 3 aromatic rings. The number of carbonyl (C=O) groups is 2. The summed E-state index contributed by atoms with van der Waals surface area (Å²) in [7, 11) is 0. The Morgan fingerprint density at radius 2 is 1.79 bits per heavy atom. The lowest BCUT2D eigenvalue weighted by atomic mass is 9.94. The maximum absolute atomic E-state index is 13.8. The number of aryl methyl sites for hydroxylation is 1. The molecule has 178 valence electrons. The molecule has 5 nitrogen and oxygen atoms in total. The van der Waals surface area contributed by atoms with Crippen LogP contribution in [-0.2, 0) is 11.3 Å². The summed E-state index contributed by atoms with van der Waals surface area (Å²) < 4.78 is 19.1. The minimum atomic E-state index is -0.972. The van der Waals surface area contributed by atoms with Crippen LogP contribution in [0.15, 0.2) is 65.3 Å². The molecule has 1 N–H and O–H groups in total. The molecular weight excluding hydrogens is 455 g/mol. The van der Waals surface area contributed by atoms with E-state index in [0.717, 1.165) is 32.1 Å². The van der Waals surface area contributed by atoms with Crippen molar-refractivity contribution < 1.29 is 18.4 Å². The first kappa shape index (κ1) is 24.0. The fourth-order valence-corrected chi connectivity index (χ4v) is 4.69. The van der Waals surface area contributed by atoms with Gasteiger partial charge < -0.3 is 14.6 Å². The lowest BCUT2D eigenvalue weighted by molar-refractivity contribution is -0.127. The van der Waals surface area contributed by atoms with Crippen molar-refractivity contribution in [3.63, 3.8) is 0 Å². The van der Waals surface area contributed by atoms with E-state index in [4.69, 9.17) is 16.0 Å². The molecule has 1 aliphatic rings. The molecule has 2 amide bonds. The van der Waals surface area contributed by atoms with E-state index in [1.54, 1.807) is 31.2 Å². The van der Waals surface area contributed by atoms with Crippen LogP contribution in [0.1, 0.15) is 65.4 Å². The van der Waals surface area contributed by atoms with E-state index in [1.807, 2.05) is 18.2 Å². The monoisotopic (exact) mass is 482 g/mol. The number of rotatable bonds is 7. The third-order valence-electron chi connectivity index (χ3n) is 6.35. The van der Waals surface area contributed by atoms with Crippen molar-refractivity contribution in [3.8, 4) is 0 Å². The van der Waals surface area contributed by atoms with Crippen LogP contribution < -0.4 is 5.32 Å². The normalized spacial score (nSPS) is 15.0. The molecule has 1 aliphatic carbocycles. The Bertz CT molecular complexity index is 1140. The van der Waals surface area contributed by atoms with E-state index in [2.05, 4.69) is 5.32 Å². The maximum Gasteiger partial charge on any atom is 0.258 e. The van der Waals surface area contributed by atoms with Gasteiger partial charge in [-0.1, -0.05) is 61.2 Å². The number of hydrogen-bond acceptors (Lipinski definition) is 3. The molecule has 4 rings (SSSR count). The van der Waals surface area contributed by atoms with Gasteiger partial charge in [0.05, 0.1) is 11.8 Å². The Labute approximate surface area is 203 Å². The topological polar surface area (TPSA) is 62.6 Å². The molecule has 7 heteroatoms. The highest BCUT2D eigenvalue weighted by Gasteiger charge is 2.34. The molecule has 0 spiro atoms. The summed E-state index contributed by atoms with van der Waals surface area (Å²) in [5, 5.41) is 3.64. The van der Waals surface area contributed by atoms with Gasteiger partial charge >= 0.3 is 0 Å². The first-order valence-electron chi connectivity index (χ1n) is 11.6. The maximum atomic E-state index is 13.8. The van der Waals surface area contributed by atoms with Crippen molar-refractivity contribution in [1.29, 1.82) is 0 Å². The van der Waals surface area contributed by atoms with Crippen LogP contribution in [0, 0.1) is 12.7 Å². The number of carbonyl (C=O) groups excluding carboxylic acids is 2. The molecule has 0 saturated heterocycles. The number of nitrogens with one attached hydrogen (secondary N) is 1. The van der Waals surface area contributed by atoms with Gasteiger partial charge in [0.15, 0.2) is 0 Å². The fourth-order valence-electron chi connectivity index (χ4n) is 4.50. The van der Waals surface area contributed by atoms with Crippen LogP contribution >= 0.6 is 11.6 Å². The van der Waals surface area contributed by atoms with Crippen molar-refractivity contribution in [1.82, 2.24) is 10.2 Å². The summed E-state index contributed by atoms with van der Waals surface area (Å²) in [5.74, 6) is -0.607. The quantitative estimate of drug-likeness (QED) is 0.435. The third kappa shape index (κ3) is 5.50. The van der Waals surface area contributed by atoms with Crippen molar-refractivity contribution >= 4 is 23.4 Å². The van der Waals surface area contributed by atoms with E-state index in [9.17, 15) is 14.0 Å². The Balaban J connectivity index is 1.76. The highest BCUT2D eigenvalue weighted by atomic mass is 35.5. The van der Waals surface area contributed by atoms with Gasteiger partial charge in [0.1, 0.15) is 17.6 Å². The second-order valence-electron chi connectivity index (χ2n) is 8.71. The Kier molecular flexibility index (Phi) is 7.68. The van der Waals surface area contributed by atoms with Crippen molar-refractivity contribution in [2.75, 3.05) is 0 Å². The molecule has 1 saturated carbocycles. The minimum Gasteiger partial charge on any atom is -0.469 e. The standard InChI is InChI=1S/C27H28ClFN2O3/c1-18-23(15-16-34-18)27(33)31(17-20-7-5-6-10-24(20)28)25(19-11-13-21(29)14-12-19)26(32)30-22-8-3-2-4-9-22/h5-7,10-16,22,25H,2-4,8-9,17H2,1H3,(H,30,32). The fraction of sp³-hybridized carbons (Fsp3) is 0.333. The predicted octanol–water partition coefficient (Wildman–Crippen LogP) is 6.21. The largest absolute Gasteiger partial charge is 0.469 e.